The predicted molar refractivity (Wildman–Crippen MR) is 72.3 cm³/mol. The van der Waals surface area contributed by atoms with Crippen LogP contribution in [0.15, 0.2) is 18.2 Å². The van der Waals surface area contributed by atoms with Crippen molar-refractivity contribution in [3.8, 4) is 0 Å². The summed E-state index contributed by atoms with van der Waals surface area (Å²) >= 11 is 5.79. The topological polar surface area (TPSA) is 78.4 Å². The highest BCUT2D eigenvalue weighted by atomic mass is 35.5. The minimum absolute atomic E-state index is 0.0846. The number of carboxylic acid groups (broad SMARTS) is 1. The van der Waals surface area contributed by atoms with Crippen LogP contribution in [0, 0.1) is 11.7 Å². The van der Waals surface area contributed by atoms with Gasteiger partial charge in [0.25, 0.3) is 0 Å². The van der Waals surface area contributed by atoms with E-state index in [2.05, 4.69) is 10.6 Å². The number of halogens is 2. The highest BCUT2D eigenvalue weighted by Crippen LogP contribution is 2.27. The van der Waals surface area contributed by atoms with E-state index in [1.165, 1.54) is 18.2 Å². The third kappa shape index (κ3) is 3.19. The Morgan fingerprint density at radius 1 is 1.35 bits per heavy atom. The number of urea groups is 1. The second-order valence-corrected chi connectivity index (χ2v) is 5.08. The molecular formula is C13H14ClFN2O3. The van der Waals surface area contributed by atoms with E-state index in [0.29, 0.717) is 12.8 Å². The normalized spacial score (nSPS) is 21.5. The smallest absolute Gasteiger partial charge is 0.319 e. The van der Waals surface area contributed by atoms with E-state index in [0.717, 1.165) is 6.42 Å². The lowest BCUT2D eigenvalue weighted by Gasteiger charge is -2.18. The Kier molecular flexibility index (Phi) is 4.44. The number of amides is 2. The Morgan fingerprint density at radius 2 is 2.10 bits per heavy atom. The largest absolute Gasteiger partial charge is 0.481 e. The molecule has 1 aromatic carbocycles. The van der Waals surface area contributed by atoms with Crippen LogP contribution in [0.1, 0.15) is 19.3 Å². The Morgan fingerprint density at radius 3 is 2.75 bits per heavy atom. The maximum absolute atomic E-state index is 13.5. The number of carboxylic acids is 1. The van der Waals surface area contributed by atoms with Gasteiger partial charge in [0.15, 0.2) is 0 Å². The van der Waals surface area contributed by atoms with Crippen molar-refractivity contribution < 1.29 is 19.1 Å². The van der Waals surface area contributed by atoms with Crippen molar-refractivity contribution in [3.05, 3.63) is 29.0 Å². The zero-order valence-corrected chi connectivity index (χ0v) is 11.3. The van der Waals surface area contributed by atoms with Crippen LogP contribution in [-0.2, 0) is 4.79 Å². The van der Waals surface area contributed by atoms with Gasteiger partial charge in [-0.15, -0.1) is 0 Å². The molecule has 1 aliphatic carbocycles. The molecule has 2 amide bonds. The number of carbonyl (C=O) groups is 2. The van der Waals surface area contributed by atoms with Gasteiger partial charge < -0.3 is 15.7 Å². The molecule has 3 N–H and O–H groups in total. The summed E-state index contributed by atoms with van der Waals surface area (Å²) in [6, 6.07) is 2.96. The first-order valence-electron chi connectivity index (χ1n) is 6.23. The van der Waals surface area contributed by atoms with Crippen molar-refractivity contribution in [1.29, 1.82) is 0 Å². The molecule has 0 heterocycles. The predicted octanol–water partition coefficient (Wildman–Crippen LogP) is 2.85. The van der Waals surface area contributed by atoms with E-state index in [1.54, 1.807) is 0 Å². The molecular weight excluding hydrogens is 287 g/mol. The van der Waals surface area contributed by atoms with E-state index in [9.17, 15) is 14.0 Å². The summed E-state index contributed by atoms with van der Waals surface area (Å²) in [6.07, 6.45) is 1.86. The van der Waals surface area contributed by atoms with Crippen LogP contribution in [0.5, 0.6) is 0 Å². The van der Waals surface area contributed by atoms with Gasteiger partial charge in [0, 0.05) is 6.04 Å². The lowest BCUT2D eigenvalue weighted by Crippen LogP contribution is -2.42. The first kappa shape index (κ1) is 14.6. The van der Waals surface area contributed by atoms with Crippen LogP contribution in [0.25, 0.3) is 0 Å². The number of para-hydroxylation sites is 1. The van der Waals surface area contributed by atoms with Crippen LogP contribution in [0.2, 0.25) is 5.02 Å². The van der Waals surface area contributed by atoms with Crippen molar-refractivity contribution in [2.75, 3.05) is 5.32 Å². The molecule has 0 bridgehead atoms. The summed E-state index contributed by atoms with van der Waals surface area (Å²) < 4.78 is 13.5. The van der Waals surface area contributed by atoms with Gasteiger partial charge in [-0.25, -0.2) is 9.18 Å². The molecule has 0 aliphatic heterocycles. The summed E-state index contributed by atoms with van der Waals surface area (Å²) in [5.74, 6) is -2.18. The lowest BCUT2D eigenvalue weighted by atomic mass is 10.0. The molecule has 1 saturated carbocycles. The number of carbonyl (C=O) groups excluding carboxylic acids is 1. The van der Waals surface area contributed by atoms with Gasteiger partial charge in [-0.1, -0.05) is 24.1 Å². The SMILES string of the molecule is O=C(Nc1c(F)cccc1Cl)NC1CCCC1C(=O)O. The number of rotatable bonds is 3. The van der Waals surface area contributed by atoms with Gasteiger partial charge in [0.1, 0.15) is 5.82 Å². The number of anilines is 1. The summed E-state index contributed by atoms with van der Waals surface area (Å²) in [6.45, 7) is 0. The Balaban J connectivity index is 2.01. The quantitative estimate of drug-likeness (QED) is 0.803. The lowest BCUT2D eigenvalue weighted by molar-refractivity contribution is -0.142. The summed E-state index contributed by atoms with van der Waals surface area (Å²) in [4.78, 5) is 22.8. The monoisotopic (exact) mass is 300 g/mol. The van der Waals surface area contributed by atoms with Crippen LogP contribution in [0.3, 0.4) is 0 Å². The average molecular weight is 301 g/mol. The molecule has 7 heteroatoms. The Hall–Kier alpha value is -1.82. The number of hydrogen-bond acceptors (Lipinski definition) is 2. The zero-order chi connectivity index (χ0) is 14.7. The molecule has 1 fully saturated rings. The van der Waals surface area contributed by atoms with Crippen molar-refractivity contribution in [2.24, 2.45) is 5.92 Å². The molecule has 2 atom stereocenters. The number of aliphatic carboxylic acids is 1. The molecule has 2 rings (SSSR count). The maximum Gasteiger partial charge on any atom is 0.319 e. The first-order chi connectivity index (χ1) is 9.49. The van der Waals surface area contributed by atoms with Crippen LogP contribution >= 0.6 is 11.6 Å². The van der Waals surface area contributed by atoms with Crippen LogP contribution in [0.4, 0.5) is 14.9 Å². The van der Waals surface area contributed by atoms with Gasteiger partial charge in [0.2, 0.25) is 0 Å². The molecule has 0 spiro atoms. The Labute approximate surface area is 120 Å². The second kappa shape index (κ2) is 6.09. The van der Waals surface area contributed by atoms with Crippen LogP contribution in [-0.4, -0.2) is 23.1 Å². The van der Waals surface area contributed by atoms with Gasteiger partial charge in [-0.3, -0.25) is 4.79 Å². The van der Waals surface area contributed by atoms with E-state index in [4.69, 9.17) is 16.7 Å². The van der Waals surface area contributed by atoms with Crippen LogP contribution < -0.4 is 10.6 Å². The molecule has 0 radical (unpaired) electrons. The number of benzene rings is 1. The average Bonchev–Trinajstić information content (AvgIpc) is 2.82. The number of hydrogen-bond donors (Lipinski definition) is 3. The third-order valence-electron chi connectivity index (χ3n) is 3.35. The molecule has 1 aliphatic rings. The fourth-order valence-electron chi connectivity index (χ4n) is 2.36. The van der Waals surface area contributed by atoms with Crippen molar-refractivity contribution in [3.63, 3.8) is 0 Å². The van der Waals surface area contributed by atoms with E-state index in [1.807, 2.05) is 0 Å². The molecule has 5 nitrogen and oxygen atoms in total. The van der Waals surface area contributed by atoms with Gasteiger partial charge in [0.05, 0.1) is 16.6 Å². The number of nitrogens with one attached hydrogen (secondary N) is 2. The summed E-state index contributed by atoms with van der Waals surface area (Å²) in [5, 5.41) is 14.0. The van der Waals surface area contributed by atoms with Gasteiger partial charge >= 0.3 is 12.0 Å². The van der Waals surface area contributed by atoms with Gasteiger partial charge in [-0.05, 0) is 25.0 Å². The zero-order valence-electron chi connectivity index (χ0n) is 10.5. The highest BCUT2D eigenvalue weighted by Gasteiger charge is 2.34. The molecule has 0 aromatic heterocycles. The maximum atomic E-state index is 13.5. The second-order valence-electron chi connectivity index (χ2n) is 4.68. The first-order valence-corrected chi connectivity index (χ1v) is 6.61. The van der Waals surface area contributed by atoms with Crippen molar-refractivity contribution in [2.45, 2.75) is 25.3 Å². The fourth-order valence-corrected chi connectivity index (χ4v) is 2.57. The minimum Gasteiger partial charge on any atom is -0.481 e. The molecule has 0 saturated heterocycles. The third-order valence-corrected chi connectivity index (χ3v) is 3.67. The summed E-state index contributed by atoms with van der Waals surface area (Å²) in [7, 11) is 0. The van der Waals surface area contributed by atoms with E-state index < -0.39 is 29.8 Å². The molecule has 2 unspecified atom stereocenters. The van der Waals surface area contributed by atoms with E-state index in [-0.39, 0.29) is 10.7 Å². The van der Waals surface area contributed by atoms with Crippen molar-refractivity contribution >= 4 is 29.3 Å². The standard InChI is InChI=1S/C13H14ClFN2O3/c14-8-4-2-5-9(15)11(8)17-13(20)16-10-6-1-3-7(10)12(18)19/h2,4-5,7,10H,1,3,6H2,(H,18,19)(H2,16,17,20). The van der Waals surface area contributed by atoms with Gasteiger partial charge in [-0.2, -0.15) is 0 Å². The minimum atomic E-state index is -0.934. The van der Waals surface area contributed by atoms with E-state index >= 15 is 0 Å². The Bertz CT molecular complexity index is 518. The van der Waals surface area contributed by atoms with Crippen molar-refractivity contribution in [1.82, 2.24) is 5.32 Å². The molecule has 20 heavy (non-hydrogen) atoms. The fraction of sp³-hybridized carbons (Fsp3) is 0.385. The highest BCUT2D eigenvalue weighted by molar-refractivity contribution is 6.33. The summed E-state index contributed by atoms with van der Waals surface area (Å²) in [5.41, 5.74) is -0.114. The molecule has 108 valence electrons. The molecule has 1 aromatic rings.